The Kier molecular flexibility index (Phi) is 16.1. The molecule has 0 spiro atoms. The molecule has 12 N–H and O–H groups in total. The van der Waals surface area contributed by atoms with E-state index in [1.807, 2.05) is 26.0 Å². The molecule has 4 aromatic rings. The van der Waals surface area contributed by atoms with Gasteiger partial charge in [-0.1, -0.05) is 30.7 Å². The fraction of sp³-hybridized carbons (Fsp3) is 0.560. The van der Waals surface area contributed by atoms with Gasteiger partial charge in [-0.15, -0.1) is 0 Å². The number of aliphatic hydroxyl groups is 12. The second-order valence-corrected chi connectivity index (χ2v) is 19.6. The maximum Gasteiger partial charge on any atom is 0.336 e. The minimum atomic E-state index is -1.85. The van der Waals surface area contributed by atoms with Gasteiger partial charge in [-0.05, 0) is 49.4 Å². The number of hydrogen-bond donors (Lipinski definition) is 12. The van der Waals surface area contributed by atoms with Crippen molar-refractivity contribution in [3.05, 3.63) is 98.2 Å². The second kappa shape index (κ2) is 22.1. The molecule has 404 valence electrons. The quantitative estimate of drug-likeness (QED) is 0.0496. The summed E-state index contributed by atoms with van der Waals surface area (Å²) in [4.78, 5) is 24.9. The average Bonchev–Trinajstić information content (AvgIpc) is 3.37. The maximum absolute atomic E-state index is 12.5. The average molecular weight is 1050 g/mol. The molecule has 2 aromatic carbocycles. The number of fused-ring (bicyclic) bond motifs is 2. The van der Waals surface area contributed by atoms with Crippen LogP contribution in [0.1, 0.15) is 43.7 Å². The molecule has 24 nitrogen and oxygen atoms in total. The minimum Gasteiger partial charge on any atom is -0.462 e. The van der Waals surface area contributed by atoms with Crippen LogP contribution in [-0.4, -0.2) is 198 Å². The summed E-state index contributed by atoms with van der Waals surface area (Å²) in [6.07, 6.45) is -22.5. The first kappa shape index (κ1) is 54.0. The van der Waals surface area contributed by atoms with Crippen LogP contribution >= 0.6 is 0 Å². The summed E-state index contributed by atoms with van der Waals surface area (Å²) in [7, 11) is 0. The number of rotatable bonds is 13. The molecule has 9 rings (SSSR count). The van der Waals surface area contributed by atoms with Gasteiger partial charge in [0.25, 0.3) is 0 Å². The fourth-order valence-electron chi connectivity index (χ4n) is 9.68. The molecular formula is C50H60O24. The van der Waals surface area contributed by atoms with Gasteiger partial charge >= 0.3 is 11.3 Å². The molecule has 0 amide bonds. The zero-order valence-corrected chi connectivity index (χ0v) is 39.8. The molecular weight excluding hydrogens is 985 g/mol. The molecule has 6 heterocycles. The van der Waals surface area contributed by atoms with Crippen molar-refractivity contribution in [1.29, 1.82) is 0 Å². The number of aliphatic hydroxyl groups excluding tert-OH is 12. The van der Waals surface area contributed by atoms with Crippen molar-refractivity contribution < 1.29 is 108 Å². The lowest BCUT2D eigenvalue weighted by molar-refractivity contribution is -0.307. The normalized spacial score (nSPS) is 39.1. The molecule has 0 bridgehead atoms. The van der Waals surface area contributed by atoms with Gasteiger partial charge in [-0.3, -0.25) is 0 Å². The smallest absolute Gasteiger partial charge is 0.336 e. The van der Waals surface area contributed by atoms with Gasteiger partial charge in [-0.2, -0.15) is 0 Å². The Morgan fingerprint density at radius 2 is 1.05 bits per heavy atom. The lowest BCUT2D eigenvalue weighted by Crippen LogP contribution is -2.61. The van der Waals surface area contributed by atoms with E-state index in [-0.39, 0.29) is 35.9 Å². The molecule has 5 aliphatic rings. The SMILES string of the molecule is CC1=C[C@H](c2cc3ccc(=O)oc3cc2O[C@@H]2O[C@H](COC3OC[C@@H](O)[C@H](O)[C@H]3O)[C@@H](O)[C@H](O)[C@H]2O)[C@](C)(/C=C/c2cc3ccc(=O)oc3cc2O[C@@H]2O[C@H](COC3OC[C@@H](O)[C@H](O)[C@H]3O)[C@@H](O)[C@H](O)[C@H]2O)CC1. The Morgan fingerprint density at radius 1 is 0.581 bits per heavy atom. The summed E-state index contributed by atoms with van der Waals surface area (Å²) in [5, 5.41) is 128. The van der Waals surface area contributed by atoms with Crippen molar-refractivity contribution in [2.24, 2.45) is 5.41 Å². The number of benzene rings is 2. The summed E-state index contributed by atoms with van der Waals surface area (Å²) in [5.74, 6) is -0.531. The standard InChI is InChI=1S/C50H60O24/c1-20-7-9-50(2,10-8-23-12-21-3-5-34(53)69-28(21)14-30(23)71-48-44(63)40(59)38(57)32(73-48)18-67-46-42(61)36(55)26(51)16-65-46)25(11-20)24-13-22-4-6-35(54)70-29(22)15-31(24)72-49-45(64)41(60)39(58)33(74-49)19-68-47-43(62)37(56)27(52)17-66-47/h3-6,8,10-15,25-27,32-33,36-49,51-52,55-64H,7,9,16-19H2,1-2H3/b10-8+/t25-,26-,27-,32-,33-,36+,37+,38-,39-,40+,41+,42-,43-,44-,45-,46?,47?,48-,49-,50+/m1/s1. The third-order valence-corrected chi connectivity index (χ3v) is 14.3. The van der Waals surface area contributed by atoms with Crippen LogP contribution in [0.5, 0.6) is 11.5 Å². The van der Waals surface area contributed by atoms with E-state index in [9.17, 15) is 70.9 Å². The van der Waals surface area contributed by atoms with Crippen LogP contribution in [-0.2, 0) is 28.4 Å². The van der Waals surface area contributed by atoms with Gasteiger partial charge in [0.1, 0.15) is 108 Å². The third-order valence-electron chi connectivity index (χ3n) is 14.3. The molecule has 4 aliphatic heterocycles. The predicted molar refractivity (Wildman–Crippen MR) is 250 cm³/mol. The Labute approximate surface area is 419 Å². The molecule has 2 unspecified atom stereocenters. The van der Waals surface area contributed by atoms with E-state index < -0.39 is 146 Å². The van der Waals surface area contributed by atoms with Crippen molar-refractivity contribution in [2.75, 3.05) is 26.4 Å². The third kappa shape index (κ3) is 11.1. The highest BCUT2D eigenvalue weighted by Crippen LogP contribution is 2.51. The minimum absolute atomic E-state index is 0.00738. The first-order valence-electron chi connectivity index (χ1n) is 24.0. The van der Waals surface area contributed by atoms with Gasteiger partial charge in [-0.25, -0.2) is 9.59 Å². The summed E-state index contributed by atoms with van der Waals surface area (Å²) in [5.41, 5.74) is -0.133. The highest BCUT2D eigenvalue weighted by atomic mass is 16.7. The van der Waals surface area contributed by atoms with Crippen LogP contribution in [0, 0.1) is 5.41 Å². The molecule has 2 aromatic heterocycles. The number of hydrogen-bond acceptors (Lipinski definition) is 24. The second-order valence-electron chi connectivity index (χ2n) is 19.6. The molecule has 4 fully saturated rings. The molecule has 74 heavy (non-hydrogen) atoms. The lowest BCUT2D eigenvalue weighted by Gasteiger charge is -2.42. The Bertz CT molecular complexity index is 2800. The highest BCUT2D eigenvalue weighted by molar-refractivity contribution is 5.83. The van der Waals surface area contributed by atoms with E-state index in [4.69, 9.17) is 46.7 Å². The highest BCUT2D eigenvalue weighted by Gasteiger charge is 2.49. The lowest BCUT2D eigenvalue weighted by atomic mass is 9.66. The van der Waals surface area contributed by atoms with E-state index in [1.165, 1.54) is 30.3 Å². The predicted octanol–water partition coefficient (Wildman–Crippen LogP) is -2.27. The van der Waals surface area contributed by atoms with Crippen molar-refractivity contribution in [1.82, 2.24) is 0 Å². The zero-order valence-electron chi connectivity index (χ0n) is 39.8. The number of ether oxygens (including phenoxy) is 8. The Balaban J connectivity index is 1.02. The van der Waals surface area contributed by atoms with E-state index in [1.54, 1.807) is 24.3 Å². The van der Waals surface area contributed by atoms with Gasteiger partial charge in [0.15, 0.2) is 12.6 Å². The van der Waals surface area contributed by atoms with E-state index >= 15 is 0 Å². The van der Waals surface area contributed by atoms with Gasteiger partial charge < -0.3 is 108 Å². The van der Waals surface area contributed by atoms with Crippen molar-refractivity contribution in [3.63, 3.8) is 0 Å². The molecule has 4 saturated heterocycles. The Hall–Kier alpha value is -4.78. The largest absolute Gasteiger partial charge is 0.462 e. The topological polar surface area (TPSA) is 377 Å². The van der Waals surface area contributed by atoms with Crippen LogP contribution in [0.4, 0.5) is 0 Å². The zero-order chi connectivity index (χ0) is 52.9. The summed E-state index contributed by atoms with van der Waals surface area (Å²) in [6.45, 7) is 2.08. The first-order chi connectivity index (χ1) is 35.2. The molecule has 1 aliphatic carbocycles. The number of allylic oxidation sites excluding steroid dienone is 3. The molecule has 0 saturated carbocycles. The maximum atomic E-state index is 12.5. The van der Waals surface area contributed by atoms with Gasteiger partial charge in [0.05, 0.1) is 26.4 Å². The Morgan fingerprint density at radius 3 is 1.58 bits per heavy atom. The summed E-state index contributed by atoms with van der Waals surface area (Å²) < 4.78 is 57.3. The summed E-state index contributed by atoms with van der Waals surface area (Å²) in [6, 6.07) is 11.8. The van der Waals surface area contributed by atoms with Crippen LogP contribution in [0.2, 0.25) is 0 Å². The van der Waals surface area contributed by atoms with Crippen molar-refractivity contribution in [3.8, 4) is 11.5 Å². The van der Waals surface area contributed by atoms with Crippen LogP contribution < -0.4 is 20.7 Å². The van der Waals surface area contributed by atoms with E-state index in [0.29, 0.717) is 34.7 Å². The van der Waals surface area contributed by atoms with Crippen LogP contribution in [0.15, 0.2) is 84.7 Å². The molecule has 20 atom stereocenters. The summed E-state index contributed by atoms with van der Waals surface area (Å²) >= 11 is 0. The van der Waals surface area contributed by atoms with Gasteiger partial charge in [0.2, 0.25) is 12.6 Å². The molecule has 24 heteroatoms. The molecule has 0 radical (unpaired) electrons. The fourth-order valence-corrected chi connectivity index (χ4v) is 9.68. The monoisotopic (exact) mass is 1040 g/mol. The van der Waals surface area contributed by atoms with E-state index in [0.717, 1.165) is 5.57 Å². The van der Waals surface area contributed by atoms with Crippen LogP contribution in [0.3, 0.4) is 0 Å². The van der Waals surface area contributed by atoms with E-state index in [2.05, 4.69) is 0 Å². The van der Waals surface area contributed by atoms with Crippen molar-refractivity contribution >= 4 is 28.0 Å². The first-order valence-corrected chi connectivity index (χ1v) is 24.0. The van der Waals surface area contributed by atoms with Crippen LogP contribution in [0.25, 0.3) is 28.0 Å². The van der Waals surface area contributed by atoms with Crippen molar-refractivity contribution in [2.45, 2.75) is 143 Å². The van der Waals surface area contributed by atoms with Gasteiger partial charge in [0, 0.05) is 52.1 Å².